The molecule has 22 heavy (non-hydrogen) atoms. The molecule has 2 heterocycles. The molecule has 0 bridgehead atoms. The lowest BCUT2D eigenvalue weighted by Gasteiger charge is -2.14. The molecule has 0 N–H and O–H groups in total. The van der Waals surface area contributed by atoms with Crippen molar-refractivity contribution < 1.29 is 14.3 Å². The van der Waals surface area contributed by atoms with Gasteiger partial charge in [-0.2, -0.15) is 0 Å². The average molecular weight is 301 g/mol. The molecule has 0 amide bonds. The van der Waals surface area contributed by atoms with Crippen LogP contribution in [-0.4, -0.2) is 28.0 Å². The molecule has 2 aromatic heterocycles. The zero-order chi connectivity index (χ0) is 15.9. The zero-order valence-electron chi connectivity index (χ0n) is 13.0. The molecule has 0 unspecified atom stereocenters. The van der Waals surface area contributed by atoms with Crippen molar-refractivity contribution in [3.05, 3.63) is 47.3 Å². The van der Waals surface area contributed by atoms with Gasteiger partial charge in [-0.05, 0) is 13.3 Å². The van der Waals surface area contributed by atoms with Gasteiger partial charge in [0.25, 0.3) is 0 Å². The van der Waals surface area contributed by atoms with Gasteiger partial charge in [0.1, 0.15) is 17.9 Å². The van der Waals surface area contributed by atoms with Gasteiger partial charge in [0.05, 0.1) is 24.7 Å². The second kappa shape index (κ2) is 7.49. The standard InChI is InChI=1S/C16H19N3O3/c1-4-5-13-15(16(20)21-3)14(8-11(2)19-13)22-10-12-9-17-6-7-18-12/h6-9H,4-5,10H2,1-3H3. The highest BCUT2D eigenvalue weighted by atomic mass is 16.5. The molecule has 2 rings (SSSR count). The first-order valence-corrected chi connectivity index (χ1v) is 7.12. The molecule has 0 aliphatic heterocycles. The topological polar surface area (TPSA) is 74.2 Å². The highest BCUT2D eigenvalue weighted by Gasteiger charge is 2.20. The summed E-state index contributed by atoms with van der Waals surface area (Å²) < 4.78 is 10.6. The molecule has 0 saturated carbocycles. The Labute approximate surface area is 129 Å². The van der Waals surface area contributed by atoms with Gasteiger partial charge in [-0.15, -0.1) is 0 Å². The third kappa shape index (κ3) is 3.78. The number of aromatic nitrogens is 3. The van der Waals surface area contributed by atoms with E-state index >= 15 is 0 Å². The molecular formula is C16H19N3O3. The Balaban J connectivity index is 2.33. The van der Waals surface area contributed by atoms with Crippen LogP contribution in [-0.2, 0) is 17.8 Å². The smallest absolute Gasteiger partial charge is 0.343 e. The fraction of sp³-hybridized carbons (Fsp3) is 0.375. The normalized spacial score (nSPS) is 10.3. The van der Waals surface area contributed by atoms with E-state index in [1.807, 2.05) is 13.8 Å². The first-order chi connectivity index (χ1) is 10.7. The van der Waals surface area contributed by atoms with Crippen LogP contribution in [0.3, 0.4) is 0 Å². The molecule has 0 fully saturated rings. The lowest BCUT2D eigenvalue weighted by atomic mass is 10.1. The van der Waals surface area contributed by atoms with Crippen molar-refractivity contribution in [1.82, 2.24) is 15.0 Å². The number of aryl methyl sites for hydroxylation is 2. The number of ether oxygens (including phenoxy) is 2. The monoisotopic (exact) mass is 301 g/mol. The lowest BCUT2D eigenvalue weighted by molar-refractivity contribution is 0.0593. The van der Waals surface area contributed by atoms with Gasteiger partial charge in [-0.25, -0.2) is 4.79 Å². The lowest BCUT2D eigenvalue weighted by Crippen LogP contribution is -2.12. The third-order valence-electron chi connectivity index (χ3n) is 3.05. The van der Waals surface area contributed by atoms with Gasteiger partial charge in [0.2, 0.25) is 0 Å². The Bertz CT molecular complexity index is 645. The quantitative estimate of drug-likeness (QED) is 0.763. The van der Waals surface area contributed by atoms with E-state index in [0.717, 1.165) is 12.1 Å². The van der Waals surface area contributed by atoms with Crippen molar-refractivity contribution in [2.75, 3.05) is 7.11 Å². The van der Waals surface area contributed by atoms with Crippen LogP contribution < -0.4 is 4.74 Å². The number of carbonyl (C=O) groups is 1. The maximum atomic E-state index is 12.1. The summed E-state index contributed by atoms with van der Waals surface area (Å²) >= 11 is 0. The number of hydrogen-bond donors (Lipinski definition) is 0. The third-order valence-corrected chi connectivity index (χ3v) is 3.05. The molecule has 0 aliphatic rings. The first kappa shape index (κ1) is 15.9. The van der Waals surface area contributed by atoms with Crippen LogP contribution >= 0.6 is 0 Å². The summed E-state index contributed by atoms with van der Waals surface area (Å²) in [6.07, 6.45) is 6.38. The molecule has 0 saturated heterocycles. The van der Waals surface area contributed by atoms with Crippen molar-refractivity contribution in [1.29, 1.82) is 0 Å². The SMILES string of the molecule is CCCc1nc(C)cc(OCc2cnccn2)c1C(=O)OC. The molecule has 0 radical (unpaired) electrons. The number of esters is 1. The Morgan fingerprint density at radius 2 is 2.14 bits per heavy atom. The predicted octanol–water partition coefficient (Wildman–Crippen LogP) is 2.50. The van der Waals surface area contributed by atoms with Crippen LogP contribution in [0.4, 0.5) is 0 Å². The second-order valence-electron chi connectivity index (χ2n) is 4.81. The molecule has 0 aliphatic carbocycles. The van der Waals surface area contributed by atoms with Gasteiger partial charge in [-0.1, -0.05) is 13.3 Å². The van der Waals surface area contributed by atoms with E-state index in [0.29, 0.717) is 29.1 Å². The van der Waals surface area contributed by atoms with E-state index in [-0.39, 0.29) is 6.61 Å². The van der Waals surface area contributed by atoms with E-state index in [1.54, 1.807) is 24.7 Å². The van der Waals surface area contributed by atoms with Crippen LogP contribution in [0.15, 0.2) is 24.7 Å². The van der Waals surface area contributed by atoms with Crippen molar-refractivity contribution in [3.63, 3.8) is 0 Å². The molecule has 0 spiro atoms. The minimum Gasteiger partial charge on any atom is -0.486 e. The van der Waals surface area contributed by atoms with E-state index in [2.05, 4.69) is 15.0 Å². The Morgan fingerprint density at radius 3 is 2.77 bits per heavy atom. The highest BCUT2D eigenvalue weighted by molar-refractivity contribution is 5.93. The van der Waals surface area contributed by atoms with Crippen molar-refractivity contribution in [2.45, 2.75) is 33.3 Å². The summed E-state index contributed by atoms with van der Waals surface area (Å²) in [5, 5.41) is 0. The van der Waals surface area contributed by atoms with Crippen molar-refractivity contribution in [3.8, 4) is 5.75 Å². The summed E-state index contributed by atoms with van der Waals surface area (Å²) in [6.45, 7) is 4.13. The Kier molecular flexibility index (Phi) is 5.41. The Hall–Kier alpha value is -2.50. The number of carbonyl (C=O) groups excluding carboxylic acids is 1. The van der Waals surface area contributed by atoms with E-state index in [1.165, 1.54) is 7.11 Å². The summed E-state index contributed by atoms with van der Waals surface area (Å²) in [4.78, 5) is 24.7. The van der Waals surface area contributed by atoms with E-state index < -0.39 is 5.97 Å². The number of hydrogen-bond acceptors (Lipinski definition) is 6. The van der Waals surface area contributed by atoms with Gasteiger partial charge in [0, 0.05) is 24.2 Å². The molecular weight excluding hydrogens is 282 g/mol. The van der Waals surface area contributed by atoms with Crippen molar-refractivity contribution >= 4 is 5.97 Å². The minimum atomic E-state index is -0.440. The highest BCUT2D eigenvalue weighted by Crippen LogP contribution is 2.25. The maximum Gasteiger partial charge on any atom is 0.343 e. The fourth-order valence-corrected chi connectivity index (χ4v) is 2.11. The Morgan fingerprint density at radius 1 is 1.32 bits per heavy atom. The van der Waals surface area contributed by atoms with Crippen LogP contribution in [0.1, 0.15) is 40.8 Å². The number of methoxy groups -OCH3 is 1. The van der Waals surface area contributed by atoms with Gasteiger partial charge >= 0.3 is 5.97 Å². The molecule has 116 valence electrons. The number of nitrogens with zero attached hydrogens (tertiary/aromatic N) is 3. The van der Waals surface area contributed by atoms with Gasteiger partial charge in [-0.3, -0.25) is 15.0 Å². The second-order valence-corrected chi connectivity index (χ2v) is 4.81. The largest absolute Gasteiger partial charge is 0.486 e. The van der Waals surface area contributed by atoms with Gasteiger partial charge < -0.3 is 9.47 Å². The van der Waals surface area contributed by atoms with Crippen LogP contribution in [0, 0.1) is 6.92 Å². The fourth-order valence-electron chi connectivity index (χ4n) is 2.11. The number of rotatable bonds is 6. The predicted molar refractivity (Wildman–Crippen MR) is 80.7 cm³/mol. The van der Waals surface area contributed by atoms with Crippen LogP contribution in [0.2, 0.25) is 0 Å². The summed E-state index contributed by atoms with van der Waals surface area (Å²) in [6, 6.07) is 1.74. The average Bonchev–Trinajstić information content (AvgIpc) is 2.53. The zero-order valence-corrected chi connectivity index (χ0v) is 13.0. The summed E-state index contributed by atoms with van der Waals surface area (Å²) in [7, 11) is 1.35. The van der Waals surface area contributed by atoms with Gasteiger partial charge in [0.15, 0.2) is 0 Å². The van der Waals surface area contributed by atoms with E-state index in [9.17, 15) is 4.79 Å². The maximum absolute atomic E-state index is 12.1. The van der Waals surface area contributed by atoms with Crippen LogP contribution in [0.25, 0.3) is 0 Å². The van der Waals surface area contributed by atoms with Crippen LogP contribution in [0.5, 0.6) is 5.75 Å². The van der Waals surface area contributed by atoms with Crippen molar-refractivity contribution in [2.24, 2.45) is 0 Å². The molecule has 0 aromatic carbocycles. The first-order valence-electron chi connectivity index (χ1n) is 7.12. The van der Waals surface area contributed by atoms with E-state index in [4.69, 9.17) is 9.47 Å². The molecule has 6 heteroatoms. The molecule has 0 atom stereocenters. The molecule has 6 nitrogen and oxygen atoms in total. The minimum absolute atomic E-state index is 0.229. The summed E-state index contributed by atoms with van der Waals surface area (Å²) in [5.41, 5.74) is 2.57. The summed E-state index contributed by atoms with van der Waals surface area (Å²) in [5.74, 6) is 0.0264. The molecule has 2 aromatic rings. The number of pyridine rings is 1.